The molecule has 1 atom stereocenters. The van der Waals surface area contributed by atoms with E-state index in [0.717, 1.165) is 28.8 Å². The van der Waals surface area contributed by atoms with Gasteiger partial charge < -0.3 is 5.32 Å². The summed E-state index contributed by atoms with van der Waals surface area (Å²) in [6.45, 7) is 0.910. The molecular weight excluding hydrogens is 244 g/mol. The molecule has 1 aliphatic rings. The second kappa shape index (κ2) is 5.19. The quantitative estimate of drug-likeness (QED) is 0.480. The van der Waals surface area contributed by atoms with E-state index in [1.165, 1.54) is 0 Å². The van der Waals surface area contributed by atoms with Crippen LogP contribution < -0.4 is 5.32 Å². The molecule has 1 aromatic heterocycles. The topological polar surface area (TPSA) is 61.1 Å². The number of hydrogen-bond acceptors (Lipinski definition) is 3. The lowest BCUT2D eigenvalue weighted by Gasteiger charge is -2.13. The predicted molar refractivity (Wildman–Crippen MR) is 67.9 cm³/mol. The summed E-state index contributed by atoms with van der Waals surface area (Å²) in [5.41, 5.74) is 1.14. The van der Waals surface area contributed by atoms with E-state index >= 15 is 0 Å². The third-order valence-corrected chi connectivity index (χ3v) is 4.87. The van der Waals surface area contributed by atoms with Gasteiger partial charge in [-0.2, -0.15) is 21.1 Å². The highest BCUT2D eigenvalue weighted by Crippen LogP contribution is 2.33. The van der Waals surface area contributed by atoms with Crippen molar-refractivity contribution in [2.45, 2.75) is 5.75 Å². The number of hydrogen-bond donors (Lipinski definition) is 2. The Balaban J connectivity index is 2.07. The molecular formula is C10H11ClN4S. The fraction of sp³-hybridized carbons (Fsp3) is 0.300. The van der Waals surface area contributed by atoms with E-state index in [4.69, 9.17) is 16.9 Å². The number of amidine groups is 1. The van der Waals surface area contributed by atoms with E-state index in [0.29, 0.717) is 5.15 Å². The second-order valence-corrected chi connectivity index (χ2v) is 6.03. The summed E-state index contributed by atoms with van der Waals surface area (Å²) in [4.78, 5) is 7.85. The molecule has 0 aliphatic carbocycles. The number of pyridine rings is 1. The van der Waals surface area contributed by atoms with Crippen LogP contribution in [-0.2, 0) is 5.75 Å². The molecule has 6 heteroatoms. The highest BCUT2D eigenvalue weighted by molar-refractivity contribution is 8.29. The van der Waals surface area contributed by atoms with Gasteiger partial charge in [-0.1, -0.05) is 17.7 Å². The van der Waals surface area contributed by atoms with Crippen molar-refractivity contribution < 1.29 is 0 Å². The smallest absolute Gasteiger partial charge is 0.208 e. The van der Waals surface area contributed by atoms with Crippen LogP contribution in [0.25, 0.3) is 0 Å². The van der Waals surface area contributed by atoms with Crippen LogP contribution in [0.5, 0.6) is 0 Å². The van der Waals surface area contributed by atoms with Gasteiger partial charge in [-0.05, 0) is 17.4 Å². The molecule has 1 N–H and O–H groups in total. The van der Waals surface area contributed by atoms with Crippen molar-refractivity contribution in [3.63, 3.8) is 0 Å². The summed E-state index contributed by atoms with van der Waals surface area (Å²) in [6, 6.07) is 3.76. The van der Waals surface area contributed by atoms with Crippen LogP contribution in [-0.4, -0.2) is 22.4 Å². The predicted octanol–water partition coefficient (Wildman–Crippen LogP) is 1.68. The summed E-state index contributed by atoms with van der Waals surface area (Å²) in [5, 5.41) is 13.1. The number of rotatable bonds is 2. The molecule has 0 saturated carbocycles. The van der Waals surface area contributed by atoms with Crippen molar-refractivity contribution in [1.82, 2.24) is 10.3 Å². The number of thiol groups is 1. The van der Waals surface area contributed by atoms with Gasteiger partial charge in [0.05, 0.1) is 0 Å². The van der Waals surface area contributed by atoms with Gasteiger partial charge in [-0.15, -0.1) is 0 Å². The molecule has 0 aromatic carbocycles. The average Bonchev–Trinajstić information content (AvgIpc) is 2.70. The molecule has 1 aliphatic heterocycles. The highest BCUT2D eigenvalue weighted by Gasteiger charge is 2.18. The molecule has 84 valence electrons. The Labute approximate surface area is 102 Å². The Morgan fingerprint density at radius 2 is 2.50 bits per heavy atom. The molecule has 1 aromatic rings. The second-order valence-electron chi connectivity index (χ2n) is 3.37. The van der Waals surface area contributed by atoms with Crippen molar-refractivity contribution in [3.05, 3.63) is 29.0 Å². The Bertz CT molecular complexity index is 437. The van der Waals surface area contributed by atoms with Gasteiger partial charge in [0.15, 0.2) is 5.17 Å². The Morgan fingerprint density at radius 3 is 3.19 bits per heavy atom. The maximum atomic E-state index is 8.55. The third kappa shape index (κ3) is 2.65. The summed E-state index contributed by atoms with van der Waals surface area (Å²) < 4.78 is 0. The first-order valence-electron chi connectivity index (χ1n) is 4.85. The molecule has 16 heavy (non-hydrogen) atoms. The summed E-state index contributed by atoms with van der Waals surface area (Å²) in [7, 11) is -0.367. The van der Waals surface area contributed by atoms with E-state index in [2.05, 4.69) is 15.3 Å². The zero-order valence-corrected chi connectivity index (χ0v) is 10.2. The van der Waals surface area contributed by atoms with Gasteiger partial charge >= 0.3 is 0 Å². The maximum Gasteiger partial charge on any atom is 0.208 e. The lowest BCUT2D eigenvalue weighted by Crippen LogP contribution is -2.14. The molecule has 2 heterocycles. The van der Waals surface area contributed by atoms with Crippen LogP contribution in [0, 0.1) is 11.5 Å². The van der Waals surface area contributed by atoms with Crippen LogP contribution in [0.2, 0.25) is 5.15 Å². The zero-order chi connectivity index (χ0) is 11.4. The largest absolute Gasteiger partial charge is 0.365 e. The first-order valence-corrected chi connectivity index (χ1v) is 6.94. The number of nitrogens with one attached hydrogen (secondary N) is 1. The van der Waals surface area contributed by atoms with E-state index < -0.39 is 0 Å². The molecule has 4 nitrogen and oxygen atoms in total. The molecule has 0 bridgehead atoms. The van der Waals surface area contributed by atoms with Crippen LogP contribution in [0.15, 0.2) is 23.3 Å². The van der Waals surface area contributed by atoms with E-state index in [-0.39, 0.29) is 10.9 Å². The summed E-state index contributed by atoms with van der Waals surface area (Å²) in [5.74, 6) is 1.98. The lowest BCUT2D eigenvalue weighted by molar-refractivity contribution is 1.02. The number of nitriles is 1. The standard InChI is InChI=1S/C10H11ClN4S/c11-9-2-1-8(5-14-9)6-16-4-3-13-10(16)15-7-12/h1-2,5,16H,3-4,6H2,(H,13,15). The summed E-state index contributed by atoms with van der Waals surface area (Å²) in [6.07, 6.45) is 3.62. The Hall–Kier alpha value is -1.25. The first-order chi connectivity index (χ1) is 7.79. The number of nitrogens with zero attached hydrogens (tertiary/aromatic N) is 3. The Morgan fingerprint density at radius 1 is 1.62 bits per heavy atom. The fourth-order valence-electron chi connectivity index (χ4n) is 1.55. The van der Waals surface area contributed by atoms with Gasteiger partial charge in [0.1, 0.15) is 5.15 Å². The minimum atomic E-state index is -0.367. The maximum absolute atomic E-state index is 8.55. The monoisotopic (exact) mass is 254 g/mol. The van der Waals surface area contributed by atoms with E-state index in [1.54, 1.807) is 12.3 Å². The van der Waals surface area contributed by atoms with Gasteiger partial charge in [0.25, 0.3) is 0 Å². The number of aromatic nitrogens is 1. The molecule has 0 spiro atoms. The van der Waals surface area contributed by atoms with Crippen molar-refractivity contribution >= 4 is 27.7 Å². The molecule has 0 amide bonds. The number of aliphatic imine (C=N–C) groups is 1. The number of halogens is 1. The average molecular weight is 255 g/mol. The molecule has 2 rings (SSSR count). The van der Waals surface area contributed by atoms with Gasteiger partial charge in [-0.25, -0.2) is 4.98 Å². The molecule has 1 fully saturated rings. The van der Waals surface area contributed by atoms with Crippen LogP contribution in [0.3, 0.4) is 0 Å². The van der Waals surface area contributed by atoms with Gasteiger partial charge in [-0.3, -0.25) is 0 Å². The normalized spacial score (nSPS) is 24.0. The first kappa shape index (κ1) is 11.2. The van der Waals surface area contributed by atoms with E-state index in [9.17, 15) is 0 Å². The SMILES string of the molecule is N#CN=C1NCC[SH]1Cc1ccc(Cl)nc1. The molecule has 0 radical (unpaired) electrons. The Kier molecular flexibility index (Phi) is 3.65. The van der Waals surface area contributed by atoms with Crippen LogP contribution in [0.1, 0.15) is 5.56 Å². The van der Waals surface area contributed by atoms with E-state index in [1.807, 2.05) is 12.3 Å². The van der Waals surface area contributed by atoms with Crippen molar-refractivity contribution in [2.24, 2.45) is 4.99 Å². The molecule has 1 saturated heterocycles. The third-order valence-electron chi connectivity index (χ3n) is 2.28. The van der Waals surface area contributed by atoms with Gasteiger partial charge in [0, 0.05) is 18.5 Å². The lowest BCUT2D eigenvalue weighted by atomic mass is 10.3. The summed E-state index contributed by atoms with van der Waals surface area (Å²) >= 11 is 5.72. The van der Waals surface area contributed by atoms with Crippen molar-refractivity contribution in [3.8, 4) is 6.19 Å². The van der Waals surface area contributed by atoms with Crippen molar-refractivity contribution in [1.29, 1.82) is 5.26 Å². The zero-order valence-electron chi connectivity index (χ0n) is 8.52. The van der Waals surface area contributed by atoms with Crippen LogP contribution >= 0.6 is 22.5 Å². The minimum Gasteiger partial charge on any atom is -0.365 e. The fourth-order valence-corrected chi connectivity index (χ4v) is 3.71. The van der Waals surface area contributed by atoms with Crippen molar-refractivity contribution in [2.75, 3.05) is 12.3 Å². The van der Waals surface area contributed by atoms with Crippen LogP contribution in [0.4, 0.5) is 0 Å². The minimum absolute atomic E-state index is 0.367. The highest BCUT2D eigenvalue weighted by atomic mass is 35.5. The molecule has 1 unspecified atom stereocenters. The van der Waals surface area contributed by atoms with Gasteiger partial charge in [0.2, 0.25) is 6.19 Å².